The van der Waals surface area contributed by atoms with Crippen LogP contribution in [-0.2, 0) is 14.8 Å². The number of amides is 1. The van der Waals surface area contributed by atoms with Crippen molar-refractivity contribution in [3.8, 4) is 11.5 Å². The zero-order valence-electron chi connectivity index (χ0n) is 20.8. The van der Waals surface area contributed by atoms with E-state index < -0.39 is 22.5 Å². The van der Waals surface area contributed by atoms with E-state index in [2.05, 4.69) is 24.4 Å². The highest BCUT2D eigenvalue weighted by molar-refractivity contribution is 7.92. The van der Waals surface area contributed by atoms with Gasteiger partial charge in [0.15, 0.2) is 0 Å². The first-order valence-electron chi connectivity index (χ1n) is 11.5. The summed E-state index contributed by atoms with van der Waals surface area (Å²) in [7, 11) is -2.55. The second-order valence-electron chi connectivity index (χ2n) is 8.59. The minimum absolute atomic E-state index is 0.0759. The zero-order chi connectivity index (χ0) is 26.1. The molecule has 0 atom stereocenters. The Bertz CT molecular complexity index is 1290. The van der Waals surface area contributed by atoms with Crippen molar-refractivity contribution < 1.29 is 22.7 Å². The predicted molar refractivity (Wildman–Crippen MR) is 141 cm³/mol. The van der Waals surface area contributed by atoms with Crippen molar-refractivity contribution in [3.63, 3.8) is 0 Å². The van der Waals surface area contributed by atoms with Gasteiger partial charge in [0, 0.05) is 6.07 Å². The lowest BCUT2D eigenvalue weighted by Gasteiger charge is -2.24. The molecular weight excluding hydrogens is 478 g/mol. The van der Waals surface area contributed by atoms with Crippen molar-refractivity contribution in [1.29, 1.82) is 0 Å². The fourth-order valence-electron chi connectivity index (χ4n) is 3.18. The molecule has 0 aliphatic rings. The number of nitrogens with zero attached hydrogens (tertiary/aromatic N) is 2. The Morgan fingerprint density at radius 2 is 1.72 bits per heavy atom. The fraction of sp³-hybridized carbons (Fsp3) is 0.259. The van der Waals surface area contributed by atoms with E-state index in [4.69, 9.17) is 9.47 Å². The van der Waals surface area contributed by atoms with Gasteiger partial charge in [-0.25, -0.2) is 13.8 Å². The summed E-state index contributed by atoms with van der Waals surface area (Å²) in [6.45, 7) is 6.17. The number of anilines is 1. The van der Waals surface area contributed by atoms with Gasteiger partial charge in [0.05, 0.1) is 30.5 Å². The molecule has 0 aliphatic carbocycles. The first-order valence-corrected chi connectivity index (χ1v) is 12.9. The fourth-order valence-corrected chi connectivity index (χ4v) is 4.59. The number of ether oxygens (including phenoxy) is 2. The van der Waals surface area contributed by atoms with Crippen LogP contribution >= 0.6 is 0 Å². The van der Waals surface area contributed by atoms with E-state index in [9.17, 15) is 13.2 Å². The van der Waals surface area contributed by atoms with Crippen molar-refractivity contribution in [2.24, 2.45) is 11.0 Å². The Morgan fingerprint density at radius 1 is 1.03 bits per heavy atom. The molecule has 0 unspecified atom stereocenters. The van der Waals surface area contributed by atoms with Gasteiger partial charge in [-0.3, -0.25) is 9.10 Å². The van der Waals surface area contributed by atoms with Crippen LogP contribution in [0.3, 0.4) is 0 Å². The van der Waals surface area contributed by atoms with Crippen LogP contribution < -0.4 is 19.2 Å². The summed E-state index contributed by atoms with van der Waals surface area (Å²) in [5.74, 6) is 1.05. The smallest absolute Gasteiger partial charge is 0.264 e. The first kappa shape index (κ1) is 26.7. The molecule has 1 amide bonds. The maximum atomic E-state index is 13.5. The van der Waals surface area contributed by atoms with Crippen molar-refractivity contribution >= 4 is 27.8 Å². The van der Waals surface area contributed by atoms with Gasteiger partial charge >= 0.3 is 0 Å². The van der Waals surface area contributed by atoms with Crippen LogP contribution in [-0.4, -0.2) is 40.8 Å². The highest BCUT2D eigenvalue weighted by Crippen LogP contribution is 2.27. The molecule has 0 heterocycles. The lowest BCUT2D eigenvalue weighted by atomic mass is 10.2. The molecule has 8 nitrogen and oxygen atoms in total. The molecule has 0 radical (unpaired) electrons. The molecule has 0 aliphatic heterocycles. The molecule has 3 rings (SSSR count). The molecule has 36 heavy (non-hydrogen) atoms. The van der Waals surface area contributed by atoms with Crippen LogP contribution in [0.25, 0.3) is 0 Å². The highest BCUT2D eigenvalue weighted by Gasteiger charge is 2.27. The van der Waals surface area contributed by atoms with Gasteiger partial charge in [-0.05, 0) is 66.9 Å². The zero-order valence-corrected chi connectivity index (χ0v) is 21.7. The maximum absolute atomic E-state index is 13.5. The van der Waals surface area contributed by atoms with E-state index >= 15 is 0 Å². The summed E-state index contributed by atoms with van der Waals surface area (Å²) in [5, 5.41) is 3.98. The van der Waals surface area contributed by atoms with Crippen LogP contribution in [0.15, 0.2) is 82.8 Å². The molecule has 0 spiro atoms. The maximum Gasteiger partial charge on any atom is 0.264 e. The number of carbonyl (C=O) groups excluding carboxylic acids is 1. The number of nitrogens with one attached hydrogen (secondary N) is 1. The molecule has 3 aromatic carbocycles. The largest absolute Gasteiger partial charge is 0.497 e. The second-order valence-corrected chi connectivity index (χ2v) is 10.5. The minimum atomic E-state index is -4.03. The van der Waals surface area contributed by atoms with Gasteiger partial charge in [-0.1, -0.05) is 37.6 Å². The summed E-state index contributed by atoms with van der Waals surface area (Å²) >= 11 is 0. The minimum Gasteiger partial charge on any atom is -0.497 e. The standard InChI is InChI=1S/C27H31N3O5S/c1-20(2)19-35-24-12-10-22(11-13-24)17-28-29-27(31)18-30(23-6-5-7-25(16-23)34-4)36(32,33)26-14-8-21(3)9-15-26/h5-17,20H,18-19H2,1-4H3,(H,29,31)/b28-17-. The molecule has 3 aromatic rings. The number of rotatable bonds is 11. The van der Waals surface area contributed by atoms with Crippen molar-refractivity contribution in [2.75, 3.05) is 24.6 Å². The SMILES string of the molecule is COc1cccc(N(CC(=O)N/N=C\c2ccc(OCC(C)C)cc2)S(=O)(=O)c2ccc(C)cc2)c1. The number of aryl methyl sites for hydroxylation is 1. The summed E-state index contributed by atoms with van der Waals surface area (Å²) in [6, 6.07) is 20.3. The number of methoxy groups -OCH3 is 1. The Kier molecular flexibility index (Phi) is 9.08. The quantitative estimate of drug-likeness (QED) is 0.306. The van der Waals surface area contributed by atoms with Gasteiger partial charge in [0.1, 0.15) is 18.0 Å². The predicted octanol–water partition coefficient (Wildman–Crippen LogP) is 4.38. The summed E-state index contributed by atoms with van der Waals surface area (Å²) in [4.78, 5) is 12.8. The van der Waals surface area contributed by atoms with E-state index in [1.54, 1.807) is 36.4 Å². The molecule has 9 heteroatoms. The van der Waals surface area contributed by atoms with Crippen molar-refractivity contribution in [1.82, 2.24) is 5.43 Å². The number of sulfonamides is 1. The van der Waals surface area contributed by atoms with E-state index in [1.807, 2.05) is 31.2 Å². The van der Waals surface area contributed by atoms with Crippen LogP contribution in [0.5, 0.6) is 11.5 Å². The van der Waals surface area contributed by atoms with Gasteiger partial charge in [0.2, 0.25) is 0 Å². The molecule has 0 fully saturated rings. The Hall–Kier alpha value is -3.85. The third-order valence-corrected chi connectivity index (χ3v) is 6.89. The van der Waals surface area contributed by atoms with E-state index in [0.717, 1.165) is 21.2 Å². The average Bonchev–Trinajstić information content (AvgIpc) is 2.87. The Balaban J connectivity index is 1.75. The normalized spacial score (nSPS) is 11.5. The summed E-state index contributed by atoms with van der Waals surface area (Å²) in [6.07, 6.45) is 1.48. The number of benzene rings is 3. The number of hydrogen-bond acceptors (Lipinski definition) is 6. The molecule has 0 aromatic heterocycles. The molecule has 0 bridgehead atoms. The lowest BCUT2D eigenvalue weighted by molar-refractivity contribution is -0.119. The lowest BCUT2D eigenvalue weighted by Crippen LogP contribution is -2.39. The third-order valence-electron chi connectivity index (χ3n) is 5.10. The summed E-state index contributed by atoms with van der Waals surface area (Å²) in [5.41, 5.74) is 4.38. The molecule has 0 saturated heterocycles. The number of hydrazone groups is 1. The van der Waals surface area contributed by atoms with Gasteiger partial charge in [0.25, 0.3) is 15.9 Å². The van der Waals surface area contributed by atoms with E-state index in [0.29, 0.717) is 24.0 Å². The van der Waals surface area contributed by atoms with Gasteiger partial charge in [-0.15, -0.1) is 0 Å². The molecule has 0 saturated carbocycles. The van der Waals surface area contributed by atoms with E-state index in [1.165, 1.54) is 25.5 Å². The van der Waals surface area contributed by atoms with Crippen LogP contribution in [0, 0.1) is 12.8 Å². The number of carbonyl (C=O) groups is 1. The van der Waals surface area contributed by atoms with Crippen molar-refractivity contribution in [2.45, 2.75) is 25.7 Å². The average molecular weight is 510 g/mol. The molecule has 1 N–H and O–H groups in total. The van der Waals surface area contributed by atoms with Crippen LogP contribution in [0.2, 0.25) is 0 Å². The first-order chi connectivity index (χ1) is 17.2. The molecule has 190 valence electrons. The monoisotopic (exact) mass is 509 g/mol. The Labute approximate surface area is 212 Å². The van der Waals surface area contributed by atoms with Gasteiger partial charge < -0.3 is 9.47 Å². The van der Waals surface area contributed by atoms with Crippen molar-refractivity contribution in [3.05, 3.63) is 83.9 Å². The Morgan fingerprint density at radius 3 is 2.36 bits per heavy atom. The molecular formula is C27H31N3O5S. The van der Waals surface area contributed by atoms with Crippen LogP contribution in [0.1, 0.15) is 25.0 Å². The topological polar surface area (TPSA) is 97.3 Å². The highest BCUT2D eigenvalue weighted by atomic mass is 32.2. The van der Waals surface area contributed by atoms with Gasteiger partial charge in [-0.2, -0.15) is 5.10 Å². The van der Waals surface area contributed by atoms with E-state index in [-0.39, 0.29) is 4.90 Å². The second kappa shape index (κ2) is 12.2. The number of hydrogen-bond donors (Lipinski definition) is 1. The third kappa shape index (κ3) is 7.32. The summed E-state index contributed by atoms with van der Waals surface area (Å²) < 4.78 is 38.8. The van der Waals surface area contributed by atoms with Crippen LogP contribution in [0.4, 0.5) is 5.69 Å².